The molecule has 0 heterocycles. The second kappa shape index (κ2) is 5.58. The summed E-state index contributed by atoms with van der Waals surface area (Å²) >= 11 is 0. The van der Waals surface area contributed by atoms with Crippen molar-refractivity contribution in [3.63, 3.8) is 0 Å². The molecule has 0 spiro atoms. The van der Waals surface area contributed by atoms with Crippen LogP contribution in [0.25, 0.3) is 0 Å². The van der Waals surface area contributed by atoms with E-state index >= 15 is 0 Å². The summed E-state index contributed by atoms with van der Waals surface area (Å²) in [6, 6.07) is 0. The fraction of sp³-hybridized carbons (Fsp3) is 0.636. The summed E-state index contributed by atoms with van der Waals surface area (Å²) in [6.07, 6.45) is 6.17. The van der Waals surface area contributed by atoms with Crippen LogP contribution in [0.4, 0.5) is 0 Å². The van der Waals surface area contributed by atoms with Gasteiger partial charge in [0.2, 0.25) is 0 Å². The van der Waals surface area contributed by atoms with Crippen LogP contribution < -0.4 is 0 Å². The third-order valence-electron chi connectivity index (χ3n) is 2.23. The number of allylic oxidation sites excluding steroid dienone is 1. The predicted molar refractivity (Wildman–Crippen MR) is 52.8 cm³/mol. The highest BCUT2D eigenvalue weighted by atomic mass is 16.5. The summed E-state index contributed by atoms with van der Waals surface area (Å²) in [6.45, 7) is 1.66. The van der Waals surface area contributed by atoms with E-state index < -0.39 is 0 Å². The van der Waals surface area contributed by atoms with Crippen LogP contribution in [0.5, 0.6) is 0 Å². The number of hydrogen-bond donors (Lipinski definition) is 0. The van der Waals surface area contributed by atoms with Crippen molar-refractivity contribution in [2.45, 2.75) is 39.0 Å². The fourth-order valence-electron chi connectivity index (χ4n) is 1.49. The molecule has 0 radical (unpaired) electrons. The Hall–Kier alpha value is -1.12. The Morgan fingerprint density at radius 3 is 3.00 bits per heavy atom. The van der Waals surface area contributed by atoms with Crippen molar-refractivity contribution < 1.29 is 14.3 Å². The Bertz CT molecular complexity index is 253. The molecule has 3 nitrogen and oxygen atoms in total. The highest BCUT2D eigenvalue weighted by molar-refractivity contribution is 5.81. The van der Waals surface area contributed by atoms with Gasteiger partial charge in [0.25, 0.3) is 0 Å². The summed E-state index contributed by atoms with van der Waals surface area (Å²) in [5, 5.41) is 0. The minimum atomic E-state index is -0.291. The van der Waals surface area contributed by atoms with Crippen molar-refractivity contribution in [3.8, 4) is 0 Å². The molecule has 0 amide bonds. The molecule has 1 rings (SSSR count). The van der Waals surface area contributed by atoms with E-state index in [0.717, 1.165) is 24.8 Å². The van der Waals surface area contributed by atoms with Crippen molar-refractivity contribution in [1.29, 1.82) is 0 Å². The number of ether oxygens (including phenoxy) is 1. The van der Waals surface area contributed by atoms with Crippen molar-refractivity contribution in [2.24, 2.45) is 0 Å². The first-order valence-corrected chi connectivity index (χ1v) is 5.01. The molecule has 78 valence electrons. The predicted octanol–water partition coefficient (Wildman–Crippen LogP) is 2.01. The molecule has 0 unspecified atom stereocenters. The van der Waals surface area contributed by atoms with E-state index in [1.165, 1.54) is 6.92 Å². The highest BCUT2D eigenvalue weighted by Gasteiger charge is 2.09. The molecule has 0 N–H and O–H groups in total. The van der Waals surface area contributed by atoms with E-state index in [9.17, 15) is 9.59 Å². The van der Waals surface area contributed by atoms with Crippen LogP contribution in [-0.4, -0.2) is 18.4 Å². The van der Waals surface area contributed by atoms with Gasteiger partial charge in [0, 0.05) is 19.8 Å². The largest absolute Gasteiger partial charge is 0.461 e. The van der Waals surface area contributed by atoms with Crippen molar-refractivity contribution in [3.05, 3.63) is 11.6 Å². The van der Waals surface area contributed by atoms with Gasteiger partial charge in [-0.1, -0.05) is 6.08 Å². The van der Waals surface area contributed by atoms with Gasteiger partial charge in [0.15, 0.2) is 0 Å². The molecular weight excluding hydrogens is 180 g/mol. The Morgan fingerprint density at radius 2 is 2.29 bits per heavy atom. The van der Waals surface area contributed by atoms with Crippen LogP contribution in [0.2, 0.25) is 0 Å². The summed E-state index contributed by atoms with van der Waals surface area (Å²) < 4.78 is 4.87. The second-order valence-electron chi connectivity index (χ2n) is 3.60. The zero-order valence-corrected chi connectivity index (χ0v) is 8.54. The topological polar surface area (TPSA) is 43.4 Å². The average molecular weight is 196 g/mol. The third-order valence-corrected chi connectivity index (χ3v) is 2.23. The summed E-state index contributed by atoms with van der Waals surface area (Å²) in [7, 11) is 0. The van der Waals surface area contributed by atoms with Gasteiger partial charge in [0.1, 0.15) is 12.4 Å². The summed E-state index contributed by atoms with van der Waals surface area (Å²) in [5.41, 5.74) is 0.949. The molecule has 0 fully saturated rings. The van der Waals surface area contributed by atoms with Gasteiger partial charge in [-0.2, -0.15) is 0 Å². The standard InChI is InChI=1S/C11H16O3/c1-9(12)14-8-10-5-3-2-4-6-11(13)7-10/h5H,2-4,6-8H2,1H3/b10-5+. The van der Waals surface area contributed by atoms with Crippen LogP contribution in [0.15, 0.2) is 11.6 Å². The molecule has 0 bridgehead atoms. The van der Waals surface area contributed by atoms with Gasteiger partial charge in [-0.15, -0.1) is 0 Å². The molecule has 3 heteroatoms. The Balaban J connectivity index is 2.46. The van der Waals surface area contributed by atoms with Gasteiger partial charge >= 0.3 is 5.97 Å². The Morgan fingerprint density at radius 1 is 1.50 bits per heavy atom. The minimum absolute atomic E-state index is 0.253. The van der Waals surface area contributed by atoms with E-state index in [1.807, 2.05) is 6.08 Å². The first-order valence-electron chi connectivity index (χ1n) is 5.01. The number of esters is 1. The fourth-order valence-corrected chi connectivity index (χ4v) is 1.49. The van der Waals surface area contributed by atoms with Gasteiger partial charge in [0.05, 0.1) is 0 Å². The van der Waals surface area contributed by atoms with Crippen LogP contribution in [0, 0.1) is 0 Å². The maximum atomic E-state index is 11.3. The van der Waals surface area contributed by atoms with Crippen molar-refractivity contribution >= 4 is 11.8 Å². The third kappa shape index (κ3) is 4.21. The summed E-state index contributed by atoms with van der Waals surface area (Å²) in [4.78, 5) is 21.9. The molecular formula is C11H16O3. The highest BCUT2D eigenvalue weighted by Crippen LogP contribution is 2.14. The van der Waals surface area contributed by atoms with E-state index in [-0.39, 0.29) is 18.4 Å². The van der Waals surface area contributed by atoms with Gasteiger partial charge in [-0.3, -0.25) is 9.59 Å². The molecule has 0 saturated carbocycles. The summed E-state index contributed by atoms with van der Waals surface area (Å²) in [5.74, 6) is -0.0384. The van der Waals surface area contributed by atoms with E-state index in [1.54, 1.807) is 0 Å². The molecule has 1 aliphatic carbocycles. The SMILES string of the molecule is CC(=O)OC/C1=C/CCCCC(=O)C1. The van der Waals surface area contributed by atoms with Crippen LogP contribution in [0.3, 0.4) is 0 Å². The van der Waals surface area contributed by atoms with Crippen LogP contribution in [0.1, 0.15) is 39.0 Å². The monoisotopic (exact) mass is 196 g/mol. The quantitative estimate of drug-likeness (QED) is 0.501. The number of carbonyl (C=O) groups is 2. The molecule has 14 heavy (non-hydrogen) atoms. The lowest BCUT2D eigenvalue weighted by Crippen LogP contribution is -2.09. The Kier molecular flexibility index (Phi) is 4.36. The van der Waals surface area contributed by atoms with E-state index in [4.69, 9.17) is 4.74 Å². The number of carbonyl (C=O) groups excluding carboxylic acids is 2. The molecule has 0 aliphatic heterocycles. The molecule has 0 saturated heterocycles. The lowest BCUT2D eigenvalue weighted by Gasteiger charge is -2.10. The molecule has 0 atom stereocenters. The lowest BCUT2D eigenvalue weighted by atomic mass is 9.99. The zero-order valence-electron chi connectivity index (χ0n) is 8.54. The smallest absolute Gasteiger partial charge is 0.302 e. The zero-order chi connectivity index (χ0) is 10.4. The second-order valence-corrected chi connectivity index (χ2v) is 3.60. The molecule has 0 aromatic rings. The van der Waals surface area contributed by atoms with Gasteiger partial charge in [-0.25, -0.2) is 0 Å². The van der Waals surface area contributed by atoms with Crippen LogP contribution >= 0.6 is 0 Å². The number of rotatable bonds is 2. The molecule has 0 aromatic heterocycles. The first-order chi connectivity index (χ1) is 6.68. The van der Waals surface area contributed by atoms with Gasteiger partial charge in [-0.05, 0) is 24.8 Å². The first kappa shape index (κ1) is 11.0. The van der Waals surface area contributed by atoms with Crippen molar-refractivity contribution in [1.82, 2.24) is 0 Å². The maximum absolute atomic E-state index is 11.3. The molecule has 1 aliphatic rings. The normalized spacial score (nSPS) is 21.8. The van der Waals surface area contributed by atoms with Crippen LogP contribution in [-0.2, 0) is 14.3 Å². The number of Topliss-reactive ketones (excluding diaryl/α,β-unsaturated/α-hetero) is 1. The maximum Gasteiger partial charge on any atom is 0.302 e. The molecule has 0 aromatic carbocycles. The number of ketones is 1. The minimum Gasteiger partial charge on any atom is -0.461 e. The number of hydrogen-bond acceptors (Lipinski definition) is 3. The van der Waals surface area contributed by atoms with E-state index in [2.05, 4.69) is 0 Å². The Labute approximate surface area is 84.1 Å². The van der Waals surface area contributed by atoms with E-state index in [0.29, 0.717) is 12.8 Å². The van der Waals surface area contributed by atoms with Crippen molar-refractivity contribution in [2.75, 3.05) is 6.61 Å². The van der Waals surface area contributed by atoms with Gasteiger partial charge < -0.3 is 4.74 Å². The lowest BCUT2D eigenvalue weighted by molar-refractivity contribution is -0.140. The average Bonchev–Trinajstić information content (AvgIpc) is 2.08.